The maximum absolute atomic E-state index is 3.72. The Balaban J connectivity index is 2.68. The molecule has 0 amide bonds. The van der Waals surface area contributed by atoms with Crippen LogP contribution in [0.2, 0.25) is 0 Å². The molecule has 1 rings (SSSR count). The van der Waals surface area contributed by atoms with Gasteiger partial charge in [-0.3, -0.25) is 0 Å². The van der Waals surface area contributed by atoms with E-state index in [0.29, 0.717) is 6.04 Å². The first-order chi connectivity index (χ1) is 8.19. The van der Waals surface area contributed by atoms with Crippen LogP contribution in [0.3, 0.4) is 0 Å². The predicted octanol–water partition coefficient (Wildman–Crippen LogP) is 3.95. The van der Waals surface area contributed by atoms with E-state index in [9.17, 15) is 0 Å². The normalized spacial score (nSPS) is 26.6. The van der Waals surface area contributed by atoms with Crippen LogP contribution in [0.5, 0.6) is 0 Å². The zero-order valence-corrected chi connectivity index (χ0v) is 13.3. The Kier molecular flexibility index (Phi) is 7.72. The molecule has 3 atom stereocenters. The van der Waals surface area contributed by atoms with Crippen molar-refractivity contribution < 1.29 is 0 Å². The van der Waals surface area contributed by atoms with Crippen molar-refractivity contribution >= 4 is 23.5 Å². The molecular formula is C14H27NS2. The molecule has 1 aliphatic heterocycles. The van der Waals surface area contributed by atoms with Crippen LogP contribution in [0.1, 0.15) is 40.5 Å². The van der Waals surface area contributed by atoms with Gasteiger partial charge in [-0.1, -0.05) is 25.5 Å². The van der Waals surface area contributed by atoms with Gasteiger partial charge in [0.2, 0.25) is 0 Å². The molecule has 0 radical (unpaired) electrons. The maximum atomic E-state index is 3.72. The van der Waals surface area contributed by atoms with E-state index >= 15 is 0 Å². The number of nitrogens with one attached hydrogen (secondary N) is 1. The molecule has 0 aliphatic carbocycles. The van der Waals surface area contributed by atoms with E-state index in [2.05, 4.69) is 62.6 Å². The zero-order chi connectivity index (χ0) is 12.7. The molecule has 17 heavy (non-hydrogen) atoms. The fraction of sp³-hybridized carbons (Fsp3) is 0.857. The average molecular weight is 274 g/mol. The Morgan fingerprint density at radius 3 is 2.59 bits per heavy atom. The molecule has 3 heteroatoms. The van der Waals surface area contributed by atoms with Gasteiger partial charge in [0.25, 0.3) is 0 Å². The predicted molar refractivity (Wildman–Crippen MR) is 84.3 cm³/mol. The summed E-state index contributed by atoms with van der Waals surface area (Å²) in [5.74, 6) is 2.64. The highest BCUT2D eigenvalue weighted by atomic mass is 32.2. The van der Waals surface area contributed by atoms with Gasteiger partial charge < -0.3 is 5.32 Å². The van der Waals surface area contributed by atoms with Gasteiger partial charge in [-0.15, -0.1) is 0 Å². The van der Waals surface area contributed by atoms with Crippen molar-refractivity contribution in [1.29, 1.82) is 0 Å². The highest BCUT2D eigenvalue weighted by molar-refractivity contribution is 8.07. The Bertz CT molecular complexity index is 236. The van der Waals surface area contributed by atoms with Crippen LogP contribution in [-0.2, 0) is 0 Å². The second kappa shape index (κ2) is 8.49. The van der Waals surface area contributed by atoms with Gasteiger partial charge in [0.15, 0.2) is 0 Å². The molecule has 0 aromatic carbocycles. The summed E-state index contributed by atoms with van der Waals surface area (Å²) in [4.78, 5) is 0. The Hall–Kier alpha value is 0.400. The SMILES string of the molecule is CCCNC(C=C(C)C)C1SCCSC1CC. The van der Waals surface area contributed by atoms with E-state index < -0.39 is 0 Å². The molecule has 1 aliphatic rings. The summed E-state index contributed by atoms with van der Waals surface area (Å²) < 4.78 is 0. The van der Waals surface area contributed by atoms with Crippen molar-refractivity contribution in [3.8, 4) is 0 Å². The monoisotopic (exact) mass is 273 g/mol. The summed E-state index contributed by atoms with van der Waals surface area (Å²) in [7, 11) is 0. The van der Waals surface area contributed by atoms with Crippen molar-refractivity contribution in [2.45, 2.75) is 57.1 Å². The van der Waals surface area contributed by atoms with E-state index in [1.54, 1.807) is 0 Å². The van der Waals surface area contributed by atoms with Crippen molar-refractivity contribution in [3.05, 3.63) is 11.6 Å². The van der Waals surface area contributed by atoms with E-state index in [4.69, 9.17) is 0 Å². The molecule has 3 unspecified atom stereocenters. The second-order valence-electron chi connectivity index (χ2n) is 4.88. The first-order valence-corrected chi connectivity index (χ1v) is 8.90. The van der Waals surface area contributed by atoms with Gasteiger partial charge in [-0.2, -0.15) is 23.5 Å². The van der Waals surface area contributed by atoms with E-state index in [1.165, 1.54) is 29.9 Å². The highest BCUT2D eigenvalue weighted by Crippen LogP contribution is 2.35. The van der Waals surface area contributed by atoms with E-state index in [0.717, 1.165) is 17.0 Å². The van der Waals surface area contributed by atoms with Gasteiger partial charge in [-0.05, 0) is 33.2 Å². The van der Waals surface area contributed by atoms with Gasteiger partial charge in [-0.25, -0.2) is 0 Å². The summed E-state index contributed by atoms with van der Waals surface area (Å²) >= 11 is 4.34. The molecule has 0 bridgehead atoms. The third kappa shape index (κ3) is 5.27. The lowest BCUT2D eigenvalue weighted by Crippen LogP contribution is -2.44. The molecule has 0 aromatic heterocycles. The van der Waals surface area contributed by atoms with Crippen molar-refractivity contribution in [3.63, 3.8) is 0 Å². The van der Waals surface area contributed by atoms with Gasteiger partial charge >= 0.3 is 0 Å². The average Bonchev–Trinajstić information content (AvgIpc) is 2.34. The van der Waals surface area contributed by atoms with Crippen molar-refractivity contribution in [1.82, 2.24) is 5.32 Å². The number of allylic oxidation sites excluding steroid dienone is 1. The fourth-order valence-electron chi connectivity index (χ4n) is 2.21. The zero-order valence-electron chi connectivity index (χ0n) is 11.7. The first-order valence-electron chi connectivity index (χ1n) is 6.80. The number of thioether (sulfide) groups is 2. The second-order valence-corrected chi connectivity index (χ2v) is 7.51. The molecule has 0 aromatic rings. The van der Waals surface area contributed by atoms with Crippen LogP contribution in [0.25, 0.3) is 0 Å². The molecular weight excluding hydrogens is 246 g/mol. The largest absolute Gasteiger partial charge is 0.309 e. The summed E-state index contributed by atoms with van der Waals surface area (Å²) in [6.45, 7) is 10.1. The Morgan fingerprint density at radius 2 is 2.00 bits per heavy atom. The van der Waals surface area contributed by atoms with Crippen molar-refractivity contribution in [2.75, 3.05) is 18.1 Å². The van der Waals surface area contributed by atoms with Crippen LogP contribution >= 0.6 is 23.5 Å². The first kappa shape index (κ1) is 15.5. The molecule has 1 saturated heterocycles. The molecule has 1 nitrogen and oxygen atoms in total. The Labute approximate surface area is 116 Å². The molecule has 0 spiro atoms. The fourth-order valence-corrected chi connectivity index (χ4v) is 5.41. The quantitative estimate of drug-likeness (QED) is 0.736. The maximum Gasteiger partial charge on any atom is 0.0383 e. The smallest absolute Gasteiger partial charge is 0.0383 e. The molecule has 0 saturated carbocycles. The lowest BCUT2D eigenvalue weighted by Gasteiger charge is -2.35. The standard InChI is InChI=1S/C14H27NS2/c1-5-7-15-12(10-11(3)4)14-13(6-2)16-8-9-17-14/h10,12-15H,5-9H2,1-4H3. The van der Waals surface area contributed by atoms with Crippen LogP contribution < -0.4 is 5.32 Å². The van der Waals surface area contributed by atoms with Crippen molar-refractivity contribution in [2.24, 2.45) is 0 Å². The lowest BCUT2D eigenvalue weighted by atomic mass is 10.1. The number of hydrogen-bond donors (Lipinski definition) is 1. The molecule has 1 N–H and O–H groups in total. The third-order valence-corrected chi connectivity index (χ3v) is 6.36. The van der Waals surface area contributed by atoms with Gasteiger partial charge in [0.05, 0.1) is 0 Å². The van der Waals surface area contributed by atoms with Gasteiger partial charge in [0, 0.05) is 28.0 Å². The third-order valence-electron chi connectivity index (χ3n) is 2.99. The summed E-state index contributed by atoms with van der Waals surface area (Å²) in [5, 5.41) is 5.29. The summed E-state index contributed by atoms with van der Waals surface area (Å²) in [6.07, 6.45) is 4.94. The minimum Gasteiger partial charge on any atom is -0.309 e. The van der Waals surface area contributed by atoms with E-state index in [-0.39, 0.29) is 0 Å². The van der Waals surface area contributed by atoms with Crippen LogP contribution in [0.15, 0.2) is 11.6 Å². The summed E-state index contributed by atoms with van der Waals surface area (Å²) in [6, 6.07) is 0.558. The lowest BCUT2D eigenvalue weighted by molar-refractivity contribution is 0.546. The van der Waals surface area contributed by atoms with Crippen LogP contribution in [-0.4, -0.2) is 34.6 Å². The van der Waals surface area contributed by atoms with Gasteiger partial charge in [0.1, 0.15) is 0 Å². The molecule has 100 valence electrons. The minimum absolute atomic E-state index is 0.558. The summed E-state index contributed by atoms with van der Waals surface area (Å²) in [5.41, 5.74) is 1.43. The minimum atomic E-state index is 0.558. The molecule has 1 heterocycles. The number of hydrogen-bond acceptors (Lipinski definition) is 3. The highest BCUT2D eigenvalue weighted by Gasteiger charge is 2.30. The van der Waals surface area contributed by atoms with Crippen LogP contribution in [0, 0.1) is 0 Å². The van der Waals surface area contributed by atoms with Crippen LogP contribution in [0.4, 0.5) is 0 Å². The Morgan fingerprint density at radius 1 is 1.29 bits per heavy atom. The topological polar surface area (TPSA) is 12.0 Å². The molecule has 1 fully saturated rings. The van der Waals surface area contributed by atoms with E-state index in [1.807, 2.05) is 0 Å². The number of rotatable bonds is 6.